The Kier molecular flexibility index (Phi) is 3.04. The van der Waals surface area contributed by atoms with Crippen LogP contribution in [-0.2, 0) is 11.3 Å². The SMILES string of the molecule is CC(C)(C)C(=O)N(Cc1cnc2ccccn12)C1CC1. The van der Waals surface area contributed by atoms with Crippen LogP contribution in [-0.4, -0.2) is 26.2 Å². The van der Waals surface area contributed by atoms with Crippen LogP contribution < -0.4 is 0 Å². The molecule has 1 fully saturated rings. The molecule has 1 saturated carbocycles. The van der Waals surface area contributed by atoms with Crippen molar-refractivity contribution in [1.82, 2.24) is 14.3 Å². The summed E-state index contributed by atoms with van der Waals surface area (Å²) in [6, 6.07) is 6.36. The van der Waals surface area contributed by atoms with Crippen LogP contribution in [0.5, 0.6) is 0 Å². The number of nitrogens with zero attached hydrogens (tertiary/aromatic N) is 3. The number of carbonyl (C=O) groups is 1. The van der Waals surface area contributed by atoms with Gasteiger partial charge in [0, 0.05) is 17.7 Å². The molecule has 0 aliphatic heterocycles. The Morgan fingerprint density at radius 3 is 2.80 bits per heavy atom. The molecule has 106 valence electrons. The lowest BCUT2D eigenvalue weighted by molar-refractivity contribution is -0.140. The highest BCUT2D eigenvalue weighted by atomic mass is 16.2. The average Bonchev–Trinajstić information content (AvgIpc) is 3.16. The van der Waals surface area contributed by atoms with Gasteiger partial charge in [-0.3, -0.25) is 4.79 Å². The first kappa shape index (κ1) is 13.2. The molecule has 0 radical (unpaired) electrons. The first-order chi connectivity index (χ1) is 9.47. The van der Waals surface area contributed by atoms with Crippen molar-refractivity contribution in [2.45, 2.75) is 46.2 Å². The smallest absolute Gasteiger partial charge is 0.228 e. The number of hydrogen-bond acceptors (Lipinski definition) is 2. The van der Waals surface area contributed by atoms with Gasteiger partial charge in [-0.05, 0) is 25.0 Å². The Hall–Kier alpha value is -1.84. The third-order valence-corrected chi connectivity index (χ3v) is 3.72. The van der Waals surface area contributed by atoms with Crippen molar-refractivity contribution < 1.29 is 4.79 Å². The van der Waals surface area contributed by atoms with Crippen LogP contribution in [0.15, 0.2) is 30.6 Å². The minimum atomic E-state index is -0.330. The number of amides is 1. The molecule has 3 rings (SSSR count). The van der Waals surface area contributed by atoms with Crippen LogP contribution >= 0.6 is 0 Å². The maximum atomic E-state index is 12.6. The molecule has 4 heteroatoms. The number of rotatable bonds is 3. The highest BCUT2D eigenvalue weighted by Gasteiger charge is 2.37. The number of fused-ring (bicyclic) bond motifs is 1. The van der Waals surface area contributed by atoms with E-state index in [0.29, 0.717) is 12.6 Å². The van der Waals surface area contributed by atoms with Gasteiger partial charge in [0.15, 0.2) is 0 Å². The van der Waals surface area contributed by atoms with Crippen LogP contribution in [0, 0.1) is 5.41 Å². The summed E-state index contributed by atoms with van der Waals surface area (Å²) in [4.78, 5) is 19.0. The quantitative estimate of drug-likeness (QED) is 0.861. The van der Waals surface area contributed by atoms with Crippen molar-refractivity contribution in [3.05, 3.63) is 36.3 Å². The van der Waals surface area contributed by atoms with Crippen LogP contribution in [0.25, 0.3) is 5.65 Å². The van der Waals surface area contributed by atoms with E-state index >= 15 is 0 Å². The lowest BCUT2D eigenvalue weighted by Crippen LogP contribution is -2.40. The Morgan fingerprint density at radius 1 is 1.40 bits per heavy atom. The van der Waals surface area contributed by atoms with Crippen molar-refractivity contribution in [2.24, 2.45) is 5.41 Å². The predicted molar refractivity (Wildman–Crippen MR) is 78.2 cm³/mol. The minimum Gasteiger partial charge on any atom is -0.333 e. The molecule has 20 heavy (non-hydrogen) atoms. The molecule has 0 spiro atoms. The molecular weight excluding hydrogens is 250 g/mol. The minimum absolute atomic E-state index is 0.228. The van der Waals surface area contributed by atoms with E-state index in [9.17, 15) is 4.79 Å². The van der Waals surface area contributed by atoms with Crippen molar-refractivity contribution >= 4 is 11.6 Å². The summed E-state index contributed by atoms with van der Waals surface area (Å²) in [7, 11) is 0. The Morgan fingerprint density at radius 2 is 2.15 bits per heavy atom. The Balaban J connectivity index is 1.89. The Labute approximate surface area is 119 Å². The number of pyridine rings is 1. The molecule has 2 aromatic heterocycles. The highest BCUT2D eigenvalue weighted by Crippen LogP contribution is 2.32. The van der Waals surface area contributed by atoms with Crippen LogP contribution in [0.2, 0.25) is 0 Å². The fourth-order valence-corrected chi connectivity index (χ4v) is 2.46. The normalized spacial score (nSPS) is 15.6. The predicted octanol–water partition coefficient (Wildman–Crippen LogP) is 2.87. The molecule has 1 aliphatic rings. The summed E-state index contributed by atoms with van der Waals surface area (Å²) in [5.41, 5.74) is 1.68. The monoisotopic (exact) mass is 271 g/mol. The summed E-state index contributed by atoms with van der Waals surface area (Å²) in [5, 5.41) is 0. The fraction of sp³-hybridized carbons (Fsp3) is 0.500. The van der Waals surface area contributed by atoms with E-state index in [0.717, 1.165) is 24.2 Å². The second-order valence-electron chi connectivity index (χ2n) is 6.59. The molecule has 0 aromatic carbocycles. The van der Waals surface area contributed by atoms with E-state index in [4.69, 9.17) is 0 Å². The summed E-state index contributed by atoms with van der Waals surface area (Å²) in [5.74, 6) is 0.228. The lowest BCUT2D eigenvalue weighted by atomic mass is 9.94. The molecule has 0 bridgehead atoms. The number of hydrogen-bond donors (Lipinski definition) is 0. The van der Waals surface area contributed by atoms with Gasteiger partial charge in [-0.1, -0.05) is 26.8 Å². The first-order valence-corrected chi connectivity index (χ1v) is 7.19. The summed E-state index contributed by atoms with van der Waals surface area (Å²) in [6.07, 6.45) is 6.13. The summed E-state index contributed by atoms with van der Waals surface area (Å²) < 4.78 is 2.06. The molecule has 0 saturated heterocycles. The zero-order valence-corrected chi connectivity index (χ0v) is 12.3. The second kappa shape index (κ2) is 4.62. The lowest BCUT2D eigenvalue weighted by Gasteiger charge is -2.29. The Bertz CT molecular complexity index is 634. The summed E-state index contributed by atoms with van der Waals surface area (Å²) >= 11 is 0. The maximum Gasteiger partial charge on any atom is 0.228 e. The van der Waals surface area contributed by atoms with Crippen LogP contribution in [0.3, 0.4) is 0 Å². The van der Waals surface area contributed by atoms with E-state index in [1.807, 2.05) is 56.3 Å². The van der Waals surface area contributed by atoms with Crippen molar-refractivity contribution in [3.8, 4) is 0 Å². The highest BCUT2D eigenvalue weighted by molar-refractivity contribution is 5.82. The van der Waals surface area contributed by atoms with E-state index in [-0.39, 0.29) is 11.3 Å². The molecule has 1 aliphatic carbocycles. The van der Waals surface area contributed by atoms with Crippen molar-refractivity contribution in [2.75, 3.05) is 0 Å². The molecular formula is C16H21N3O. The third kappa shape index (κ3) is 2.42. The van der Waals surface area contributed by atoms with Gasteiger partial charge in [-0.15, -0.1) is 0 Å². The number of aromatic nitrogens is 2. The van der Waals surface area contributed by atoms with E-state index in [1.165, 1.54) is 0 Å². The van der Waals surface area contributed by atoms with Crippen LogP contribution in [0.4, 0.5) is 0 Å². The summed E-state index contributed by atoms with van der Waals surface area (Å²) in [6.45, 7) is 6.60. The molecule has 1 amide bonds. The van der Waals surface area contributed by atoms with Gasteiger partial charge >= 0.3 is 0 Å². The zero-order chi connectivity index (χ0) is 14.3. The van der Waals surface area contributed by atoms with Gasteiger partial charge in [-0.25, -0.2) is 4.98 Å². The maximum absolute atomic E-state index is 12.6. The molecule has 2 heterocycles. The largest absolute Gasteiger partial charge is 0.333 e. The fourth-order valence-electron chi connectivity index (χ4n) is 2.46. The molecule has 0 N–H and O–H groups in total. The van der Waals surface area contributed by atoms with E-state index < -0.39 is 0 Å². The van der Waals surface area contributed by atoms with Gasteiger partial charge in [-0.2, -0.15) is 0 Å². The number of imidazole rings is 1. The van der Waals surface area contributed by atoms with E-state index in [2.05, 4.69) is 9.38 Å². The van der Waals surface area contributed by atoms with E-state index in [1.54, 1.807) is 0 Å². The van der Waals surface area contributed by atoms with Crippen LogP contribution in [0.1, 0.15) is 39.3 Å². The van der Waals surface area contributed by atoms with Gasteiger partial charge < -0.3 is 9.30 Å². The standard InChI is InChI=1S/C16H21N3O/c1-16(2,3)15(20)19(12-7-8-12)11-13-10-17-14-6-4-5-9-18(13)14/h4-6,9-10,12H,7-8,11H2,1-3H3. The average molecular weight is 271 g/mol. The van der Waals surface area contributed by atoms with Gasteiger partial charge in [0.1, 0.15) is 5.65 Å². The van der Waals surface area contributed by atoms with Gasteiger partial charge in [0.2, 0.25) is 5.91 Å². The second-order valence-corrected chi connectivity index (χ2v) is 6.59. The first-order valence-electron chi connectivity index (χ1n) is 7.19. The topological polar surface area (TPSA) is 37.6 Å². The zero-order valence-electron chi connectivity index (χ0n) is 12.3. The molecule has 0 atom stereocenters. The third-order valence-electron chi connectivity index (χ3n) is 3.72. The van der Waals surface area contributed by atoms with Gasteiger partial charge in [0.05, 0.1) is 18.4 Å². The number of carbonyl (C=O) groups excluding carboxylic acids is 1. The molecule has 0 unspecified atom stereocenters. The van der Waals surface area contributed by atoms with Gasteiger partial charge in [0.25, 0.3) is 0 Å². The molecule has 4 nitrogen and oxygen atoms in total. The van der Waals surface area contributed by atoms with Crippen molar-refractivity contribution in [1.29, 1.82) is 0 Å². The van der Waals surface area contributed by atoms with Crippen molar-refractivity contribution in [3.63, 3.8) is 0 Å². The molecule has 2 aromatic rings.